The van der Waals surface area contributed by atoms with E-state index in [-0.39, 0.29) is 12.6 Å². The highest BCUT2D eigenvalue weighted by atomic mass is 16.5. The zero-order chi connectivity index (χ0) is 11.4. The Morgan fingerprint density at radius 2 is 2.20 bits per heavy atom. The molecular formula is C11H16N2O2. The molecule has 4 N–H and O–H groups in total. The molecule has 0 unspecified atom stereocenters. The van der Waals surface area contributed by atoms with E-state index in [1.807, 2.05) is 32.0 Å². The van der Waals surface area contributed by atoms with Gasteiger partial charge in [0, 0.05) is 11.6 Å². The quantitative estimate of drug-likeness (QED) is 0.771. The summed E-state index contributed by atoms with van der Waals surface area (Å²) >= 11 is 0. The Bertz CT molecular complexity index is 362. The fourth-order valence-electron chi connectivity index (χ4n) is 1.29. The van der Waals surface area contributed by atoms with Gasteiger partial charge in [-0.3, -0.25) is 4.79 Å². The van der Waals surface area contributed by atoms with E-state index in [9.17, 15) is 4.79 Å². The van der Waals surface area contributed by atoms with Crippen LogP contribution in [-0.2, 0) is 4.79 Å². The zero-order valence-corrected chi connectivity index (χ0v) is 8.99. The molecule has 0 heterocycles. The highest BCUT2D eigenvalue weighted by molar-refractivity contribution is 5.75. The van der Waals surface area contributed by atoms with E-state index in [1.165, 1.54) is 0 Å². The maximum atomic E-state index is 10.6. The molecule has 1 atom stereocenters. The molecule has 82 valence electrons. The lowest BCUT2D eigenvalue weighted by Gasteiger charge is -2.13. The molecule has 1 amide bonds. The topological polar surface area (TPSA) is 78.3 Å². The lowest BCUT2D eigenvalue weighted by atomic mass is 10.1. The Kier molecular flexibility index (Phi) is 3.68. The summed E-state index contributed by atoms with van der Waals surface area (Å²) in [6, 6.07) is 5.57. The largest absolute Gasteiger partial charge is 0.483 e. The van der Waals surface area contributed by atoms with Crippen molar-refractivity contribution >= 4 is 5.91 Å². The number of carbonyl (C=O) groups is 1. The van der Waals surface area contributed by atoms with Crippen LogP contribution in [0.5, 0.6) is 5.75 Å². The van der Waals surface area contributed by atoms with E-state index < -0.39 is 5.91 Å². The second kappa shape index (κ2) is 4.79. The lowest BCUT2D eigenvalue weighted by Crippen LogP contribution is -2.21. The van der Waals surface area contributed by atoms with E-state index in [0.717, 1.165) is 11.1 Å². The molecule has 4 nitrogen and oxygen atoms in total. The summed E-state index contributed by atoms with van der Waals surface area (Å²) in [6.45, 7) is 3.69. The second-order valence-electron chi connectivity index (χ2n) is 3.58. The molecule has 0 spiro atoms. The molecule has 1 rings (SSSR count). The van der Waals surface area contributed by atoms with Gasteiger partial charge in [-0.1, -0.05) is 12.1 Å². The number of primary amides is 1. The van der Waals surface area contributed by atoms with Crippen LogP contribution in [0.25, 0.3) is 0 Å². The minimum atomic E-state index is -0.493. The molecular weight excluding hydrogens is 192 g/mol. The summed E-state index contributed by atoms with van der Waals surface area (Å²) in [4.78, 5) is 10.6. The summed E-state index contributed by atoms with van der Waals surface area (Å²) in [5, 5.41) is 0. The van der Waals surface area contributed by atoms with Gasteiger partial charge in [-0.25, -0.2) is 0 Å². The highest BCUT2D eigenvalue weighted by Crippen LogP contribution is 2.24. The molecule has 0 fully saturated rings. The van der Waals surface area contributed by atoms with Crippen LogP contribution < -0.4 is 16.2 Å². The molecule has 0 radical (unpaired) electrons. The number of rotatable bonds is 4. The Morgan fingerprint density at radius 1 is 1.53 bits per heavy atom. The Balaban J connectivity index is 2.91. The van der Waals surface area contributed by atoms with Crippen molar-refractivity contribution in [3.05, 3.63) is 29.3 Å². The zero-order valence-electron chi connectivity index (χ0n) is 8.99. The molecule has 0 aliphatic rings. The van der Waals surface area contributed by atoms with Gasteiger partial charge in [0.15, 0.2) is 6.61 Å². The van der Waals surface area contributed by atoms with Crippen molar-refractivity contribution in [2.45, 2.75) is 19.9 Å². The van der Waals surface area contributed by atoms with Gasteiger partial charge in [-0.05, 0) is 25.5 Å². The highest BCUT2D eigenvalue weighted by Gasteiger charge is 2.08. The smallest absolute Gasteiger partial charge is 0.255 e. The molecule has 0 saturated heterocycles. The first-order valence-corrected chi connectivity index (χ1v) is 4.78. The summed E-state index contributed by atoms with van der Waals surface area (Å²) in [6.07, 6.45) is 0. The molecule has 1 aromatic rings. The van der Waals surface area contributed by atoms with Gasteiger partial charge >= 0.3 is 0 Å². The monoisotopic (exact) mass is 208 g/mol. The molecule has 0 bridgehead atoms. The van der Waals surface area contributed by atoms with Gasteiger partial charge in [0.1, 0.15) is 5.75 Å². The molecule has 15 heavy (non-hydrogen) atoms. The maximum Gasteiger partial charge on any atom is 0.255 e. The summed E-state index contributed by atoms with van der Waals surface area (Å²) in [5.41, 5.74) is 12.7. The number of hydrogen-bond donors (Lipinski definition) is 2. The van der Waals surface area contributed by atoms with Crippen LogP contribution in [0.15, 0.2) is 18.2 Å². The SMILES string of the molecule is Cc1ccc([C@H](C)N)c(OCC(N)=O)c1. The van der Waals surface area contributed by atoms with Crippen molar-refractivity contribution in [1.29, 1.82) is 0 Å². The fraction of sp³-hybridized carbons (Fsp3) is 0.364. The van der Waals surface area contributed by atoms with E-state index in [1.54, 1.807) is 0 Å². The van der Waals surface area contributed by atoms with Crippen molar-refractivity contribution in [3.8, 4) is 5.75 Å². The Labute approximate surface area is 89.2 Å². The van der Waals surface area contributed by atoms with Crippen LogP contribution in [-0.4, -0.2) is 12.5 Å². The van der Waals surface area contributed by atoms with Gasteiger partial charge in [-0.2, -0.15) is 0 Å². The lowest BCUT2D eigenvalue weighted by molar-refractivity contribution is -0.119. The van der Waals surface area contributed by atoms with Gasteiger partial charge in [0.2, 0.25) is 0 Å². The van der Waals surface area contributed by atoms with E-state index >= 15 is 0 Å². The van der Waals surface area contributed by atoms with E-state index in [4.69, 9.17) is 16.2 Å². The standard InChI is InChI=1S/C11H16N2O2/c1-7-3-4-9(8(2)12)10(5-7)15-6-11(13)14/h3-5,8H,6,12H2,1-2H3,(H2,13,14)/t8-/m0/s1. The van der Waals surface area contributed by atoms with Gasteiger partial charge in [0.05, 0.1) is 0 Å². The molecule has 4 heteroatoms. The Morgan fingerprint density at radius 3 is 2.73 bits per heavy atom. The number of aryl methyl sites for hydroxylation is 1. The average molecular weight is 208 g/mol. The van der Waals surface area contributed by atoms with E-state index in [2.05, 4.69) is 0 Å². The third-order valence-electron chi connectivity index (χ3n) is 2.03. The minimum absolute atomic E-state index is 0.122. The van der Waals surface area contributed by atoms with Gasteiger partial charge in [0.25, 0.3) is 5.91 Å². The van der Waals surface area contributed by atoms with Crippen molar-refractivity contribution in [1.82, 2.24) is 0 Å². The average Bonchev–Trinajstić information content (AvgIpc) is 2.14. The first-order chi connectivity index (χ1) is 7.00. The second-order valence-corrected chi connectivity index (χ2v) is 3.58. The predicted octanol–water partition coefficient (Wildman–Crippen LogP) is 0.879. The van der Waals surface area contributed by atoms with Crippen LogP contribution in [0.4, 0.5) is 0 Å². The summed E-state index contributed by atoms with van der Waals surface area (Å²) in [7, 11) is 0. The third-order valence-corrected chi connectivity index (χ3v) is 2.03. The maximum absolute atomic E-state index is 10.6. The van der Waals surface area contributed by atoms with Gasteiger partial charge < -0.3 is 16.2 Å². The molecule has 0 aromatic heterocycles. The van der Waals surface area contributed by atoms with Crippen LogP contribution in [0.3, 0.4) is 0 Å². The third kappa shape index (κ3) is 3.25. The summed E-state index contributed by atoms with van der Waals surface area (Å²) in [5.74, 6) is 0.135. The first-order valence-electron chi connectivity index (χ1n) is 4.78. The summed E-state index contributed by atoms with van der Waals surface area (Å²) < 4.78 is 5.29. The first kappa shape index (κ1) is 11.5. The normalized spacial score (nSPS) is 12.2. The number of nitrogens with two attached hydrogens (primary N) is 2. The van der Waals surface area contributed by atoms with Gasteiger partial charge in [-0.15, -0.1) is 0 Å². The van der Waals surface area contributed by atoms with Crippen molar-refractivity contribution in [2.24, 2.45) is 11.5 Å². The van der Waals surface area contributed by atoms with Crippen LogP contribution in [0.2, 0.25) is 0 Å². The predicted molar refractivity (Wildman–Crippen MR) is 58.5 cm³/mol. The van der Waals surface area contributed by atoms with Crippen molar-refractivity contribution in [2.75, 3.05) is 6.61 Å². The minimum Gasteiger partial charge on any atom is -0.483 e. The van der Waals surface area contributed by atoms with Crippen molar-refractivity contribution < 1.29 is 9.53 Å². The molecule has 1 aromatic carbocycles. The van der Waals surface area contributed by atoms with Crippen LogP contribution >= 0.6 is 0 Å². The van der Waals surface area contributed by atoms with E-state index in [0.29, 0.717) is 5.75 Å². The van der Waals surface area contributed by atoms with Crippen molar-refractivity contribution in [3.63, 3.8) is 0 Å². The number of carbonyl (C=O) groups excluding carboxylic acids is 1. The fourth-order valence-corrected chi connectivity index (χ4v) is 1.29. The number of amides is 1. The molecule has 0 aliphatic carbocycles. The number of ether oxygens (including phenoxy) is 1. The Hall–Kier alpha value is -1.55. The number of hydrogen-bond acceptors (Lipinski definition) is 3. The van der Waals surface area contributed by atoms with Crippen LogP contribution in [0.1, 0.15) is 24.1 Å². The number of benzene rings is 1. The van der Waals surface area contributed by atoms with Crippen LogP contribution in [0, 0.1) is 6.92 Å². The molecule has 0 saturated carbocycles. The molecule has 0 aliphatic heterocycles.